The van der Waals surface area contributed by atoms with Crippen LogP contribution in [0.25, 0.3) is 6.08 Å². The fourth-order valence-electron chi connectivity index (χ4n) is 4.47. The van der Waals surface area contributed by atoms with E-state index in [-0.39, 0.29) is 17.7 Å². The lowest BCUT2D eigenvalue weighted by atomic mass is 9.95. The average Bonchev–Trinajstić information content (AvgIpc) is 3.24. The van der Waals surface area contributed by atoms with Crippen LogP contribution in [0, 0.1) is 0 Å². The summed E-state index contributed by atoms with van der Waals surface area (Å²) >= 11 is 1.21. The molecule has 0 fully saturated rings. The van der Waals surface area contributed by atoms with Gasteiger partial charge in [-0.1, -0.05) is 17.4 Å². The highest BCUT2D eigenvalue weighted by molar-refractivity contribution is 7.07. The molecule has 4 rings (SSSR count). The van der Waals surface area contributed by atoms with Crippen molar-refractivity contribution in [2.45, 2.75) is 19.9 Å². The van der Waals surface area contributed by atoms with Crippen molar-refractivity contribution in [1.29, 1.82) is 0 Å². The summed E-state index contributed by atoms with van der Waals surface area (Å²) in [7, 11) is 7.64. The van der Waals surface area contributed by atoms with Gasteiger partial charge < -0.3 is 28.4 Å². The van der Waals surface area contributed by atoms with Crippen molar-refractivity contribution >= 4 is 23.4 Å². The number of fused-ring (bicyclic) bond motifs is 1. The molecule has 0 radical (unpaired) electrons. The van der Waals surface area contributed by atoms with Crippen LogP contribution in [0.2, 0.25) is 0 Å². The molecule has 1 aliphatic heterocycles. The molecule has 0 spiro atoms. The summed E-state index contributed by atoms with van der Waals surface area (Å²) in [5.41, 5.74) is 1.73. The largest absolute Gasteiger partial charge is 0.493 e. The number of esters is 1. The predicted molar refractivity (Wildman–Crippen MR) is 146 cm³/mol. The van der Waals surface area contributed by atoms with Gasteiger partial charge in [0.05, 0.1) is 64.0 Å². The number of carbonyl (C=O) groups excluding carboxylic acids is 1. The van der Waals surface area contributed by atoms with Crippen molar-refractivity contribution in [3.63, 3.8) is 0 Å². The number of nitrogens with zero attached hydrogens (tertiary/aromatic N) is 2. The molecule has 206 valence electrons. The van der Waals surface area contributed by atoms with E-state index in [1.807, 2.05) is 0 Å². The maximum atomic E-state index is 13.9. The number of methoxy groups -OCH3 is 5. The van der Waals surface area contributed by atoms with Gasteiger partial charge in [-0.3, -0.25) is 9.36 Å². The Morgan fingerprint density at radius 1 is 0.949 bits per heavy atom. The quantitative estimate of drug-likeness (QED) is 0.372. The van der Waals surface area contributed by atoms with E-state index in [2.05, 4.69) is 4.99 Å². The molecule has 0 saturated heterocycles. The Balaban J connectivity index is 1.97. The summed E-state index contributed by atoms with van der Waals surface area (Å²) in [6.07, 6.45) is 1.73. The van der Waals surface area contributed by atoms with Gasteiger partial charge in [0.15, 0.2) is 27.8 Å². The summed E-state index contributed by atoms with van der Waals surface area (Å²) in [5, 5.41) is 0. The van der Waals surface area contributed by atoms with Crippen molar-refractivity contribution in [3.05, 3.63) is 72.4 Å². The number of aromatic nitrogens is 1. The minimum atomic E-state index is -0.790. The molecule has 10 nitrogen and oxygen atoms in total. The van der Waals surface area contributed by atoms with Crippen LogP contribution in [-0.4, -0.2) is 52.7 Å². The molecule has 2 heterocycles. The predicted octanol–water partition coefficient (Wildman–Crippen LogP) is 2.84. The Morgan fingerprint density at radius 2 is 1.59 bits per heavy atom. The van der Waals surface area contributed by atoms with Crippen LogP contribution in [0.15, 0.2) is 51.4 Å². The SMILES string of the molecule is CCOC(=O)C1=C(C)N=c2s/c(=C/c3cc(OC)c(OC)c(OC)c3)c(=O)n2[C@@H]1c1ccc(OC)c(OC)c1. The third-order valence-corrected chi connectivity index (χ3v) is 7.21. The molecule has 11 heteroatoms. The van der Waals surface area contributed by atoms with Gasteiger partial charge in [-0.15, -0.1) is 0 Å². The van der Waals surface area contributed by atoms with E-state index in [1.54, 1.807) is 50.3 Å². The number of allylic oxidation sites excluding steroid dienone is 1. The second kappa shape index (κ2) is 11.6. The Kier molecular flexibility index (Phi) is 8.29. The molecule has 0 amide bonds. The van der Waals surface area contributed by atoms with E-state index in [4.69, 9.17) is 28.4 Å². The first-order valence-electron chi connectivity index (χ1n) is 12.0. The smallest absolute Gasteiger partial charge is 0.338 e. The van der Waals surface area contributed by atoms with E-state index in [1.165, 1.54) is 51.5 Å². The topological polar surface area (TPSA) is 107 Å². The average molecular weight is 555 g/mol. The minimum Gasteiger partial charge on any atom is -0.493 e. The van der Waals surface area contributed by atoms with Gasteiger partial charge in [-0.2, -0.15) is 0 Å². The highest BCUT2D eigenvalue weighted by Crippen LogP contribution is 2.39. The summed E-state index contributed by atoms with van der Waals surface area (Å²) in [4.78, 5) is 32.1. The molecular formula is C28H30N2O8S. The molecule has 0 unspecified atom stereocenters. The molecule has 0 aliphatic carbocycles. The van der Waals surface area contributed by atoms with Crippen molar-refractivity contribution in [1.82, 2.24) is 4.57 Å². The fourth-order valence-corrected chi connectivity index (χ4v) is 5.51. The maximum absolute atomic E-state index is 13.9. The Hall–Kier alpha value is -4.25. The van der Waals surface area contributed by atoms with Gasteiger partial charge in [-0.05, 0) is 55.3 Å². The molecule has 39 heavy (non-hydrogen) atoms. The van der Waals surface area contributed by atoms with Gasteiger partial charge in [0.25, 0.3) is 5.56 Å². The summed E-state index contributed by atoms with van der Waals surface area (Å²) < 4.78 is 34.5. The van der Waals surface area contributed by atoms with Crippen molar-refractivity contribution in [2.24, 2.45) is 4.99 Å². The monoisotopic (exact) mass is 554 g/mol. The Labute approximate surface area is 229 Å². The van der Waals surface area contributed by atoms with E-state index in [9.17, 15) is 9.59 Å². The molecule has 1 aliphatic rings. The van der Waals surface area contributed by atoms with Crippen LogP contribution in [0.1, 0.15) is 31.0 Å². The number of hydrogen-bond donors (Lipinski definition) is 0. The first-order valence-corrected chi connectivity index (χ1v) is 12.8. The number of rotatable bonds is 9. The number of hydrogen-bond acceptors (Lipinski definition) is 10. The first kappa shape index (κ1) is 27.8. The molecule has 0 bridgehead atoms. The van der Waals surface area contributed by atoms with Crippen LogP contribution in [0.5, 0.6) is 28.7 Å². The lowest BCUT2D eigenvalue weighted by Crippen LogP contribution is -2.40. The third kappa shape index (κ3) is 5.09. The first-order chi connectivity index (χ1) is 18.8. The molecule has 2 aromatic carbocycles. The molecule has 1 aromatic heterocycles. The summed E-state index contributed by atoms with van der Waals surface area (Å²) in [6, 6.07) is 7.99. The molecule has 0 N–H and O–H groups in total. The van der Waals surface area contributed by atoms with Crippen molar-refractivity contribution in [3.8, 4) is 28.7 Å². The van der Waals surface area contributed by atoms with E-state index in [0.717, 1.165) is 0 Å². The normalized spacial score (nSPS) is 14.8. The summed E-state index contributed by atoms with van der Waals surface area (Å²) in [5.74, 6) is 1.81. The zero-order valence-electron chi connectivity index (χ0n) is 22.8. The van der Waals surface area contributed by atoms with Gasteiger partial charge in [0.2, 0.25) is 5.75 Å². The van der Waals surface area contributed by atoms with Crippen molar-refractivity contribution in [2.75, 3.05) is 42.2 Å². The van der Waals surface area contributed by atoms with E-state index >= 15 is 0 Å². The third-order valence-electron chi connectivity index (χ3n) is 6.23. The van der Waals surface area contributed by atoms with Gasteiger partial charge in [0, 0.05) is 0 Å². The fraction of sp³-hybridized carbons (Fsp3) is 0.321. The second-order valence-electron chi connectivity index (χ2n) is 8.38. The van der Waals surface area contributed by atoms with Crippen LogP contribution in [-0.2, 0) is 9.53 Å². The van der Waals surface area contributed by atoms with E-state index < -0.39 is 12.0 Å². The van der Waals surface area contributed by atoms with Gasteiger partial charge in [0.1, 0.15) is 0 Å². The van der Waals surface area contributed by atoms with Gasteiger partial charge in [-0.25, -0.2) is 9.79 Å². The Bertz CT molecular complexity index is 1590. The molecule has 1 atom stereocenters. The lowest BCUT2D eigenvalue weighted by Gasteiger charge is -2.25. The van der Waals surface area contributed by atoms with Crippen LogP contribution in [0.3, 0.4) is 0 Å². The maximum Gasteiger partial charge on any atom is 0.338 e. The number of benzene rings is 2. The zero-order chi connectivity index (χ0) is 28.3. The highest BCUT2D eigenvalue weighted by atomic mass is 32.1. The molecular weight excluding hydrogens is 524 g/mol. The van der Waals surface area contributed by atoms with Crippen molar-refractivity contribution < 1.29 is 33.2 Å². The van der Waals surface area contributed by atoms with Crippen LogP contribution < -0.4 is 38.6 Å². The lowest BCUT2D eigenvalue weighted by molar-refractivity contribution is -0.139. The number of carbonyl (C=O) groups is 1. The molecule has 0 saturated carbocycles. The standard InChI is InChI=1S/C28H30N2O8S/c1-8-38-27(32)23-15(2)29-28-30(24(23)17-9-10-18(33-3)19(14-17)34-4)26(31)22(39-28)13-16-11-20(35-5)25(37-7)21(12-16)36-6/h9-14,24H,8H2,1-7H3/b22-13+/t24-/m1/s1. The number of ether oxygens (including phenoxy) is 6. The highest BCUT2D eigenvalue weighted by Gasteiger charge is 2.34. The number of thiazole rings is 1. The zero-order valence-corrected chi connectivity index (χ0v) is 23.6. The van der Waals surface area contributed by atoms with Crippen LogP contribution in [0.4, 0.5) is 0 Å². The second-order valence-corrected chi connectivity index (χ2v) is 9.38. The van der Waals surface area contributed by atoms with E-state index in [0.29, 0.717) is 54.9 Å². The van der Waals surface area contributed by atoms with Gasteiger partial charge >= 0.3 is 5.97 Å². The molecule has 3 aromatic rings. The Morgan fingerprint density at radius 3 is 2.15 bits per heavy atom. The minimum absolute atomic E-state index is 0.180. The summed E-state index contributed by atoms with van der Waals surface area (Å²) in [6.45, 7) is 3.64. The van der Waals surface area contributed by atoms with Crippen LogP contribution >= 0.6 is 11.3 Å².